The van der Waals surface area contributed by atoms with Crippen molar-refractivity contribution in [1.29, 1.82) is 0 Å². The summed E-state index contributed by atoms with van der Waals surface area (Å²) in [4.78, 5) is 0. The van der Waals surface area contributed by atoms with Crippen LogP contribution in [0.1, 0.15) is 39.5 Å². The predicted molar refractivity (Wildman–Crippen MR) is 46.9 cm³/mol. The molecular weight excluding hydrogens is 152 g/mol. The van der Waals surface area contributed by atoms with Crippen molar-refractivity contribution in [3.05, 3.63) is 0 Å². The van der Waals surface area contributed by atoms with Gasteiger partial charge in [0.1, 0.15) is 0 Å². The van der Waals surface area contributed by atoms with Gasteiger partial charge < -0.3 is 9.84 Å². The molecule has 3 unspecified atom stereocenters. The second kappa shape index (κ2) is 2.71. The molecule has 1 aliphatic heterocycles. The van der Waals surface area contributed by atoms with E-state index in [0.29, 0.717) is 12.0 Å². The van der Waals surface area contributed by atoms with Crippen molar-refractivity contribution in [2.75, 3.05) is 0 Å². The van der Waals surface area contributed by atoms with E-state index in [1.807, 2.05) is 0 Å². The summed E-state index contributed by atoms with van der Waals surface area (Å²) in [5.41, 5.74) is -0.106. The van der Waals surface area contributed by atoms with Crippen molar-refractivity contribution >= 4 is 0 Å². The van der Waals surface area contributed by atoms with Gasteiger partial charge in [-0.2, -0.15) is 0 Å². The van der Waals surface area contributed by atoms with E-state index >= 15 is 0 Å². The predicted octanol–water partition coefficient (Wildman–Crippen LogP) is 1.71. The standard InChI is InChI=1S/C10H18O2/c1-10(2)6-8(11)7-4-3-5-9(7)12-10/h7-9,11H,3-6H2,1-2H3. The van der Waals surface area contributed by atoms with E-state index in [1.165, 1.54) is 6.42 Å². The highest BCUT2D eigenvalue weighted by Crippen LogP contribution is 2.41. The van der Waals surface area contributed by atoms with E-state index in [4.69, 9.17) is 4.74 Å². The Morgan fingerprint density at radius 1 is 1.33 bits per heavy atom. The van der Waals surface area contributed by atoms with Crippen LogP contribution >= 0.6 is 0 Å². The SMILES string of the molecule is CC1(C)CC(O)C2CCCC2O1. The van der Waals surface area contributed by atoms with Gasteiger partial charge in [-0.25, -0.2) is 0 Å². The third kappa shape index (κ3) is 1.38. The average molecular weight is 170 g/mol. The van der Waals surface area contributed by atoms with Crippen molar-refractivity contribution in [3.63, 3.8) is 0 Å². The van der Waals surface area contributed by atoms with E-state index in [1.54, 1.807) is 0 Å². The number of aliphatic hydroxyl groups is 1. The Labute approximate surface area is 73.9 Å². The van der Waals surface area contributed by atoms with E-state index in [2.05, 4.69) is 13.8 Å². The average Bonchev–Trinajstić information content (AvgIpc) is 2.31. The minimum atomic E-state index is -0.124. The lowest BCUT2D eigenvalue weighted by molar-refractivity contribution is -0.166. The molecule has 0 aromatic heterocycles. The lowest BCUT2D eigenvalue weighted by Gasteiger charge is -2.41. The van der Waals surface area contributed by atoms with Gasteiger partial charge in [0.15, 0.2) is 0 Å². The maximum absolute atomic E-state index is 9.83. The van der Waals surface area contributed by atoms with Crippen molar-refractivity contribution in [1.82, 2.24) is 0 Å². The van der Waals surface area contributed by atoms with Gasteiger partial charge in [0.25, 0.3) is 0 Å². The van der Waals surface area contributed by atoms with Crippen molar-refractivity contribution in [2.24, 2.45) is 5.92 Å². The molecule has 3 atom stereocenters. The summed E-state index contributed by atoms with van der Waals surface area (Å²) in [5.74, 6) is 0.429. The summed E-state index contributed by atoms with van der Waals surface area (Å²) in [5, 5.41) is 9.83. The first-order valence-electron chi connectivity index (χ1n) is 4.94. The summed E-state index contributed by atoms with van der Waals surface area (Å²) < 4.78 is 5.91. The van der Waals surface area contributed by atoms with Gasteiger partial charge in [-0.1, -0.05) is 6.42 Å². The highest BCUT2D eigenvalue weighted by Gasteiger charge is 2.43. The Bertz CT molecular complexity index is 177. The van der Waals surface area contributed by atoms with Gasteiger partial charge in [0.05, 0.1) is 17.8 Å². The summed E-state index contributed by atoms with van der Waals surface area (Å²) in [6.45, 7) is 4.15. The van der Waals surface area contributed by atoms with Gasteiger partial charge in [-0.15, -0.1) is 0 Å². The Kier molecular flexibility index (Phi) is 1.92. The number of hydrogen-bond acceptors (Lipinski definition) is 2. The summed E-state index contributed by atoms with van der Waals surface area (Å²) in [7, 11) is 0. The molecule has 1 heterocycles. The molecule has 1 saturated carbocycles. The minimum Gasteiger partial charge on any atom is -0.393 e. The van der Waals surface area contributed by atoms with Crippen LogP contribution in [0, 0.1) is 5.92 Å². The van der Waals surface area contributed by atoms with Crippen LogP contribution in [0.25, 0.3) is 0 Å². The van der Waals surface area contributed by atoms with Gasteiger partial charge >= 0.3 is 0 Å². The number of ether oxygens (including phenoxy) is 1. The fourth-order valence-electron chi connectivity index (χ4n) is 2.65. The molecule has 2 rings (SSSR count). The van der Waals surface area contributed by atoms with Crippen molar-refractivity contribution in [3.8, 4) is 0 Å². The van der Waals surface area contributed by atoms with Crippen LogP contribution in [-0.4, -0.2) is 22.9 Å². The van der Waals surface area contributed by atoms with Gasteiger partial charge in [-0.3, -0.25) is 0 Å². The zero-order chi connectivity index (χ0) is 8.77. The van der Waals surface area contributed by atoms with Crippen LogP contribution in [0.4, 0.5) is 0 Å². The molecule has 0 aromatic carbocycles. The molecule has 2 fully saturated rings. The second-order valence-electron chi connectivity index (χ2n) is 4.78. The van der Waals surface area contributed by atoms with E-state index < -0.39 is 0 Å². The zero-order valence-corrected chi connectivity index (χ0v) is 7.92. The molecule has 1 N–H and O–H groups in total. The molecular formula is C10H18O2. The van der Waals surface area contributed by atoms with Crippen molar-refractivity contribution < 1.29 is 9.84 Å². The molecule has 70 valence electrons. The third-order valence-corrected chi connectivity index (χ3v) is 3.17. The van der Waals surface area contributed by atoms with Crippen LogP contribution in [-0.2, 0) is 4.74 Å². The first-order valence-corrected chi connectivity index (χ1v) is 4.94. The van der Waals surface area contributed by atoms with Crippen molar-refractivity contribution in [2.45, 2.75) is 57.3 Å². The molecule has 0 amide bonds. The maximum atomic E-state index is 9.83. The normalized spacial score (nSPS) is 45.8. The summed E-state index contributed by atoms with van der Waals surface area (Å²) >= 11 is 0. The fraction of sp³-hybridized carbons (Fsp3) is 1.00. The Balaban J connectivity index is 2.10. The monoisotopic (exact) mass is 170 g/mol. The summed E-state index contributed by atoms with van der Waals surface area (Å²) in [6, 6.07) is 0. The lowest BCUT2D eigenvalue weighted by Crippen LogP contribution is -2.46. The highest BCUT2D eigenvalue weighted by atomic mass is 16.5. The Morgan fingerprint density at radius 3 is 2.83 bits per heavy atom. The molecule has 0 bridgehead atoms. The van der Waals surface area contributed by atoms with E-state index in [9.17, 15) is 5.11 Å². The smallest absolute Gasteiger partial charge is 0.0655 e. The largest absolute Gasteiger partial charge is 0.393 e. The maximum Gasteiger partial charge on any atom is 0.0655 e. The quantitative estimate of drug-likeness (QED) is 0.599. The van der Waals surface area contributed by atoms with Crippen LogP contribution in [0.5, 0.6) is 0 Å². The van der Waals surface area contributed by atoms with Gasteiger partial charge in [-0.05, 0) is 26.7 Å². The fourth-order valence-corrected chi connectivity index (χ4v) is 2.65. The molecule has 0 radical (unpaired) electrons. The zero-order valence-electron chi connectivity index (χ0n) is 7.92. The molecule has 1 saturated heterocycles. The van der Waals surface area contributed by atoms with Gasteiger partial charge in [0, 0.05) is 12.3 Å². The van der Waals surface area contributed by atoms with E-state index in [0.717, 1.165) is 19.3 Å². The van der Waals surface area contributed by atoms with Crippen LogP contribution < -0.4 is 0 Å². The lowest BCUT2D eigenvalue weighted by atomic mass is 9.86. The molecule has 2 aliphatic rings. The summed E-state index contributed by atoms with van der Waals surface area (Å²) in [6.07, 6.45) is 4.54. The molecule has 1 aliphatic carbocycles. The number of hydrogen-bond donors (Lipinski definition) is 1. The number of fused-ring (bicyclic) bond motifs is 1. The highest BCUT2D eigenvalue weighted by molar-refractivity contribution is 4.93. The second-order valence-corrected chi connectivity index (χ2v) is 4.78. The number of aliphatic hydroxyl groups excluding tert-OH is 1. The first kappa shape index (κ1) is 8.52. The number of rotatable bonds is 0. The minimum absolute atomic E-state index is 0.106. The van der Waals surface area contributed by atoms with Crippen LogP contribution in [0.3, 0.4) is 0 Å². The molecule has 0 aromatic rings. The first-order chi connectivity index (χ1) is 5.58. The molecule has 0 spiro atoms. The third-order valence-electron chi connectivity index (χ3n) is 3.17. The van der Waals surface area contributed by atoms with E-state index in [-0.39, 0.29) is 11.7 Å². The Morgan fingerprint density at radius 2 is 2.08 bits per heavy atom. The molecule has 2 heteroatoms. The van der Waals surface area contributed by atoms with Crippen LogP contribution in [0.15, 0.2) is 0 Å². The van der Waals surface area contributed by atoms with Gasteiger partial charge in [0.2, 0.25) is 0 Å². The van der Waals surface area contributed by atoms with Crippen LogP contribution in [0.2, 0.25) is 0 Å². The Hall–Kier alpha value is -0.0800. The molecule has 2 nitrogen and oxygen atoms in total. The topological polar surface area (TPSA) is 29.5 Å². The molecule has 12 heavy (non-hydrogen) atoms.